The third-order valence-corrected chi connectivity index (χ3v) is 2.88. The number of carbonyl (C=O) groups is 1. The Morgan fingerprint density at radius 1 is 1.53 bits per heavy atom. The molecule has 106 valence electrons. The van der Waals surface area contributed by atoms with Crippen LogP contribution in [0.2, 0.25) is 0 Å². The highest BCUT2D eigenvalue weighted by Gasteiger charge is 2.40. The summed E-state index contributed by atoms with van der Waals surface area (Å²) >= 11 is 0. The molecule has 0 radical (unpaired) electrons. The Balaban J connectivity index is 2.39. The fourth-order valence-electron chi connectivity index (χ4n) is 2.02. The van der Waals surface area contributed by atoms with Crippen molar-refractivity contribution in [2.75, 3.05) is 13.1 Å². The highest BCUT2D eigenvalue weighted by Crippen LogP contribution is 2.31. The molecule has 19 heavy (non-hydrogen) atoms. The molecular formula is C11H15F3N4O. The Morgan fingerprint density at radius 2 is 2.26 bits per heavy atom. The van der Waals surface area contributed by atoms with E-state index in [0.29, 0.717) is 25.2 Å². The van der Waals surface area contributed by atoms with Crippen LogP contribution in [0.15, 0.2) is 0 Å². The van der Waals surface area contributed by atoms with Crippen LogP contribution in [-0.4, -0.2) is 28.5 Å². The number of nitrogens with one attached hydrogen (secondary N) is 2. The molecular weight excluding hydrogens is 261 g/mol. The van der Waals surface area contributed by atoms with Crippen molar-refractivity contribution in [2.45, 2.75) is 32.6 Å². The maximum absolute atomic E-state index is 12.9. The smallest absolute Gasteiger partial charge is 0.351 e. The summed E-state index contributed by atoms with van der Waals surface area (Å²) in [6.45, 7) is 3.10. The Kier molecular flexibility index (Phi) is 3.79. The molecule has 0 fully saturated rings. The summed E-state index contributed by atoms with van der Waals surface area (Å²) in [7, 11) is 0. The number of halogens is 3. The molecule has 0 aromatic carbocycles. The Bertz CT molecular complexity index is 481. The van der Waals surface area contributed by atoms with Crippen LogP contribution in [0.25, 0.3) is 0 Å². The number of aromatic nitrogens is 2. The molecule has 1 aromatic rings. The predicted molar refractivity (Wildman–Crippen MR) is 61.6 cm³/mol. The molecule has 2 heterocycles. The summed E-state index contributed by atoms with van der Waals surface area (Å²) in [5, 5.41) is 5.50. The van der Waals surface area contributed by atoms with Gasteiger partial charge < -0.3 is 15.2 Å². The van der Waals surface area contributed by atoms with E-state index in [-0.39, 0.29) is 18.8 Å². The lowest BCUT2D eigenvalue weighted by Gasteiger charge is -2.19. The third kappa shape index (κ3) is 2.73. The van der Waals surface area contributed by atoms with Crippen molar-refractivity contribution < 1.29 is 18.0 Å². The Hall–Kier alpha value is -1.57. The van der Waals surface area contributed by atoms with Gasteiger partial charge in [0.05, 0.1) is 5.69 Å². The summed E-state index contributed by atoms with van der Waals surface area (Å²) in [5.41, 5.74) is 0.167. The second-order valence-corrected chi connectivity index (χ2v) is 4.31. The molecule has 1 aliphatic rings. The maximum Gasteiger partial charge on any atom is 0.449 e. The van der Waals surface area contributed by atoms with Gasteiger partial charge in [0.25, 0.3) is 5.91 Å². The van der Waals surface area contributed by atoms with Crippen molar-refractivity contribution in [3.63, 3.8) is 0 Å². The molecule has 0 unspecified atom stereocenters. The number of rotatable bonds is 3. The summed E-state index contributed by atoms with van der Waals surface area (Å²) in [6.07, 6.45) is -3.83. The van der Waals surface area contributed by atoms with Gasteiger partial charge in [-0.05, 0) is 6.42 Å². The van der Waals surface area contributed by atoms with Crippen LogP contribution in [-0.2, 0) is 19.3 Å². The van der Waals surface area contributed by atoms with Crippen LogP contribution in [0.4, 0.5) is 13.2 Å². The van der Waals surface area contributed by atoms with Crippen LogP contribution in [0.1, 0.15) is 35.4 Å². The van der Waals surface area contributed by atoms with E-state index in [1.165, 1.54) is 0 Å². The monoisotopic (exact) mass is 276 g/mol. The first-order valence-electron chi connectivity index (χ1n) is 6.10. The standard InChI is InChI=1S/C11H15F3N4O/c1-2-3-16-9(19)8-7-6-15-4-5-18(7)10(17-8)11(12,13)14/h15H,2-6H2,1H3,(H,16,19). The molecule has 0 saturated heterocycles. The minimum Gasteiger partial charge on any atom is -0.351 e. The van der Waals surface area contributed by atoms with Crippen molar-refractivity contribution >= 4 is 5.91 Å². The molecule has 1 aromatic heterocycles. The van der Waals surface area contributed by atoms with Gasteiger partial charge >= 0.3 is 6.18 Å². The number of hydrogen-bond acceptors (Lipinski definition) is 3. The molecule has 0 atom stereocenters. The summed E-state index contributed by atoms with van der Waals surface area (Å²) < 4.78 is 39.7. The van der Waals surface area contributed by atoms with Gasteiger partial charge in [0.2, 0.25) is 5.82 Å². The van der Waals surface area contributed by atoms with Crippen molar-refractivity contribution in [2.24, 2.45) is 0 Å². The first-order chi connectivity index (χ1) is 8.95. The second-order valence-electron chi connectivity index (χ2n) is 4.31. The van der Waals surface area contributed by atoms with E-state index in [9.17, 15) is 18.0 Å². The summed E-state index contributed by atoms with van der Waals surface area (Å²) in [6, 6.07) is 0. The van der Waals surface area contributed by atoms with Gasteiger partial charge in [0.15, 0.2) is 5.69 Å². The van der Waals surface area contributed by atoms with Gasteiger partial charge in [-0.15, -0.1) is 0 Å². The van der Waals surface area contributed by atoms with E-state index in [2.05, 4.69) is 15.6 Å². The van der Waals surface area contributed by atoms with Gasteiger partial charge in [-0.2, -0.15) is 13.2 Å². The molecule has 2 rings (SSSR count). The number of amides is 1. The quantitative estimate of drug-likeness (QED) is 0.870. The van der Waals surface area contributed by atoms with Gasteiger partial charge in [-0.25, -0.2) is 4.98 Å². The van der Waals surface area contributed by atoms with E-state index in [1.807, 2.05) is 6.92 Å². The van der Waals surface area contributed by atoms with E-state index in [4.69, 9.17) is 0 Å². The number of alkyl halides is 3. The molecule has 5 nitrogen and oxygen atoms in total. The number of hydrogen-bond donors (Lipinski definition) is 2. The third-order valence-electron chi connectivity index (χ3n) is 2.88. The van der Waals surface area contributed by atoms with E-state index in [1.54, 1.807) is 0 Å². The van der Waals surface area contributed by atoms with Crippen LogP contribution >= 0.6 is 0 Å². The fourth-order valence-corrected chi connectivity index (χ4v) is 2.02. The topological polar surface area (TPSA) is 59.0 Å². The lowest BCUT2D eigenvalue weighted by Crippen LogP contribution is -2.32. The fraction of sp³-hybridized carbons (Fsp3) is 0.636. The highest BCUT2D eigenvalue weighted by molar-refractivity contribution is 5.93. The summed E-state index contributed by atoms with van der Waals surface area (Å²) in [4.78, 5) is 15.3. The zero-order valence-corrected chi connectivity index (χ0v) is 10.5. The lowest BCUT2D eigenvalue weighted by molar-refractivity contribution is -0.147. The van der Waals surface area contributed by atoms with Crippen molar-refractivity contribution in [3.8, 4) is 0 Å². The van der Waals surface area contributed by atoms with Crippen LogP contribution in [0.3, 0.4) is 0 Å². The van der Waals surface area contributed by atoms with Gasteiger partial charge in [0.1, 0.15) is 0 Å². The Labute approximate surface area is 108 Å². The second kappa shape index (κ2) is 5.20. The minimum absolute atomic E-state index is 0.132. The zero-order valence-electron chi connectivity index (χ0n) is 10.5. The van der Waals surface area contributed by atoms with E-state index in [0.717, 1.165) is 4.57 Å². The van der Waals surface area contributed by atoms with Gasteiger partial charge in [-0.3, -0.25) is 4.79 Å². The van der Waals surface area contributed by atoms with Crippen molar-refractivity contribution in [1.82, 2.24) is 20.2 Å². The predicted octanol–water partition coefficient (Wildman–Crippen LogP) is 1.14. The molecule has 1 amide bonds. The van der Waals surface area contributed by atoms with Gasteiger partial charge in [0, 0.05) is 26.2 Å². The molecule has 0 spiro atoms. The SMILES string of the molecule is CCCNC(=O)c1nc(C(F)(F)F)n2c1CNCC2. The normalized spacial score (nSPS) is 15.2. The number of nitrogens with zero attached hydrogens (tertiary/aromatic N) is 2. The lowest BCUT2D eigenvalue weighted by atomic mass is 10.2. The molecule has 0 bridgehead atoms. The average Bonchev–Trinajstić information content (AvgIpc) is 2.75. The van der Waals surface area contributed by atoms with Crippen LogP contribution in [0, 0.1) is 0 Å². The Morgan fingerprint density at radius 3 is 2.89 bits per heavy atom. The minimum atomic E-state index is -4.55. The van der Waals surface area contributed by atoms with Crippen LogP contribution in [0.5, 0.6) is 0 Å². The van der Waals surface area contributed by atoms with Gasteiger partial charge in [-0.1, -0.05) is 6.92 Å². The first-order valence-corrected chi connectivity index (χ1v) is 6.10. The highest BCUT2D eigenvalue weighted by atomic mass is 19.4. The zero-order chi connectivity index (χ0) is 14.0. The van der Waals surface area contributed by atoms with Crippen molar-refractivity contribution in [3.05, 3.63) is 17.2 Å². The average molecular weight is 276 g/mol. The van der Waals surface area contributed by atoms with Crippen LogP contribution < -0.4 is 10.6 Å². The van der Waals surface area contributed by atoms with E-state index >= 15 is 0 Å². The number of imidazole rings is 1. The molecule has 0 saturated carbocycles. The molecule has 0 aliphatic carbocycles. The summed E-state index contributed by atoms with van der Waals surface area (Å²) in [5.74, 6) is -1.55. The van der Waals surface area contributed by atoms with E-state index < -0.39 is 17.9 Å². The number of carbonyl (C=O) groups excluding carboxylic acids is 1. The first kappa shape index (κ1) is 13.9. The maximum atomic E-state index is 12.9. The molecule has 2 N–H and O–H groups in total. The number of fused-ring (bicyclic) bond motifs is 1. The molecule has 1 aliphatic heterocycles. The molecule has 8 heteroatoms. The van der Waals surface area contributed by atoms with Crippen molar-refractivity contribution in [1.29, 1.82) is 0 Å². The largest absolute Gasteiger partial charge is 0.449 e.